The van der Waals surface area contributed by atoms with Gasteiger partial charge >= 0.3 is 0 Å². The first-order valence-electron chi connectivity index (χ1n) is 5.83. The van der Waals surface area contributed by atoms with Gasteiger partial charge in [-0.05, 0) is 18.2 Å². The van der Waals surface area contributed by atoms with Gasteiger partial charge in [0.1, 0.15) is 11.7 Å². The molecular weight excluding hydrogens is 278 g/mol. The average molecular weight is 290 g/mol. The number of carbonyl (C=O) groups excluding carboxylic acids is 1. The molecule has 0 amide bonds. The lowest BCUT2D eigenvalue weighted by Gasteiger charge is -2.13. The van der Waals surface area contributed by atoms with Crippen LogP contribution >= 0.6 is 11.6 Å². The summed E-state index contributed by atoms with van der Waals surface area (Å²) in [5.41, 5.74) is 0.440. The summed E-state index contributed by atoms with van der Waals surface area (Å²) in [7, 11) is 3.18. The maximum Gasteiger partial charge on any atom is 0.219 e. The van der Waals surface area contributed by atoms with E-state index in [1.54, 1.807) is 36.0 Å². The SMILES string of the molecule is COc1ccc(Cl)cc1C(C#N)C(=O)c1nccn1C. The molecule has 102 valence electrons. The Bertz CT molecular complexity index is 688. The molecule has 6 heteroatoms. The first-order chi connectivity index (χ1) is 9.58. The smallest absolute Gasteiger partial charge is 0.219 e. The van der Waals surface area contributed by atoms with Gasteiger partial charge in [-0.1, -0.05) is 11.6 Å². The van der Waals surface area contributed by atoms with E-state index in [9.17, 15) is 10.1 Å². The van der Waals surface area contributed by atoms with Gasteiger partial charge in [-0.25, -0.2) is 4.98 Å². The highest BCUT2D eigenvalue weighted by atomic mass is 35.5. The highest BCUT2D eigenvalue weighted by molar-refractivity contribution is 6.30. The van der Waals surface area contributed by atoms with Crippen molar-refractivity contribution in [1.82, 2.24) is 9.55 Å². The van der Waals surface area contributed by atoms with Crippen molar-refractivity contribution in [3.8, 4) is 11.8 Å². The molecule has 0 bridgehead atoms. The van der Waals surface area contributed by atoms with Crippen LogP contribution in [-0.4, -0.2) is 22.4 Å². The zero-order valence-electron chi connectivity index (χ0n) is 11.0. The molecule has 0 aliphatic heterocycles. The Kier molecular flexibility index (Phi) is 4.06. The number of Topliss-reactive ketones (excluding diaryl/α,β-unsaturated/α-hetero) is 1. The van der Waals surface area contributed by atoms with Crippen molar-refractivity contribution in [3.63, 3.8) is 0 Å². The zero-order valence-corrected chi connectivity index (χ0v) is 11.8. The molecule has 2 aromatic rings. The first kappa shape index (κ1) is 14.1. The minimum Gasteiger partial charge on any atom is -0.496 e. The van der Waals surface area contributed by atoms with Crippen LogP contribution in [0.4, 0.5) is 0 Å². The predicted molar refractivity (Wildman–Crippen MR) is 73.9 cm³/mol. The van der Waals surface area contributed by atoms with Gasteiger partial charge in [0.25, 0.3) is 0 Å². The van der Waals surface area contributed by atoms with Crippen molar-refractivity contribution < 1.29 is 9.53 Å². The molecule has 0 saturated heterocycles. The summed E-state index contributed by atoms with van der Waals surface area (Å²) in [5.74, 6) is -0.729. The van der Waals surface area contributed by atoms with Crippen LogP contribution in [0.3, 0.4) is 0 Å². The summed E-state index contributed by atoms with van der Waals surface area (Å²) in [5, 5.41) is 9.78. The topological polar surface area (TPSA) is 67.9 Å². The Morgan fingerprint density at radius 3 is 2.85 bits per heavy atom. The van der Waals surface area contributed by atoms with Crippen LogP contribution in [0, 0.1) is 11.3 Å². The Labute approximate surface area is 121 Å². The lowest BCUT2D eigenvalue weighted by Crippen LogP contribution is -2.16. The van der Waals surface area contributed by atoms with E-state index in [0.29, 0.717) is 16.3 Å². The number of benzene rings is 1. The van der Waals surface area contributed by atoms with Gasteiger partial charge in [-0.15, -0.1) is 0 Å². The molecule has 1 aromatic heterocycles. The lowest BCUT2D eigenvalue weighted by atomic mass is 9.94. The van der Waals surface area contributed by atoms with E-state index < -0.39 is 5.92 Å². The quantitative estimate of drug-likeness (QED) is 0.811. The van der Waals surface area contributed by atoms with E-state index in [0.717, 1.165) is 0 Å². The molecule has 2 rings (SSSR count). The number of aryl methyl sites for hydroxylation is 1. The van der Waals surface area contributed by atoms with E-state index in [-0.39, 0.29) is 11.6 Å². The largest absolute Gasteiger partial charge is 0.496 e. The third kappa shape index (κ3) is 2.51. The minimum absolute atomic E-state index is 0.221. The number of imidazole rings is 1. The monoisotopic (exact) mass is 289 g/mol. The number of hydrogen-bond donors (Lipinski definition) is 0. The number of nitriles is 1. The van der Waals surface area contributed by atoms with Crippen LogP contribution in [0.2, 0.25) is 5.02 Å². The molecule has 0 spiro atoms. The van der Waals surface area contributed by atoms with E-state index in [1.165, 1.54) is 13.3 Å². The van der Waals surface area contributed by atoms with Gasteiger partial charge in [0.2, 0.25) is 5.78 Å². The zero-order chi connectivity index (χ0) is 14.7. The fourth-order valence-electron chi connectivity index (χ4n) is 1.93. The van der Waals surface area contributed by atoms with Crippen molar-refractivity contribution in [3.05, 3.63) is 47.0 Å². The molecule has 5 nitrogen and oxygen atoms in total. The number of hydrogen-bond acceptors (Lipinski definition) is 4. The number of nitrogens with zero attached hydrogens (tertiary/aromatic N) is 3. The van der Waals surface area contributed by atoms with Crippen molar-refractivity contribution in [2.75, 3.05) is 7.11 Å². The van der Waals surface area contributed by atoms with E-state index in [1.807, 2.05) is 6.07 Å². The number of ketones is 1. The number of rotatable bonds is 4. The highest BCUT2D eigenvalue weighted by Gasteiger charge is 2.27. The fourth-order valence-corrected chi connectivity index (χ4v) is 2.11. The van der Waals surface area contributed by atoms with Crippen molar-refractivity contribution >= 4 is 17.4 Å². The summed E-state index contributed by atoms with van der Waals surface area (Å²) in [6.07, 6.45) is 3.16. The molecule has 0 aliphatic carbocycles. The van der Waals surface area contributed by atoms with Gasteiger partial charge in [-0.3, -0.25) is 4.79 Å². The van der Waals surface area contributed by atoms with Crippen LogP contribution in [-0.2, 0) is 7.05 Å². The highest BCUT2D eigenvalue weighted by Crippen LogP contribution is 2.31. The van der Waals surface area contributed by atoms with Gasteiger partial charge < -0.3 is 9.30 Å². The molecule has 0 N–H and O–H groups in total. The van der Waals surface area contributed by atoms with Crippen molar-refractivity contribution in [1.29, 1.82) is 5.26 Å². The van der Waals surface area contributed by atoms with E-state index >= 15 is 0 Å². The summed E-state index contributed by atoms with van der Waals surface area (Å²) in [6, 6.07) is 6.83. The summed E-state index contributed by atoms with van der Waals surface area (Å²) < 4.78 is 6.76. The van der Waals surface area contributed by atoms with Crippen molar-refractivity contribution in [2.24, 2.45) is 7.05 Å². The van der Waals surface area contributed by atoms with Crippen LogP contribution in [0.5, 0.6) is 5.75 Å². The maximum atomic E-state index is 12.4. The number of carbonyl (C=O) groups is 1. The second kappa shape index (κ2) is 5.76. The van der Waals surface area contributed by atoms with Crippen LogP contribution < -0.4 is 4.74 Å². The first-order valence-corrected chi connectivity index (χ1v) is 6.21. The van der Waals surface area contributed by atoms with Crippen LogP contribution in [0.15, 0.2) is 30.6 Å². The molecule has 1 unspecified atom stereocenters. The van der Waals surface area contributed by atoms with Gasteiger partial charge in [0, 0.05) is 30.0 Å². The Hall–Kier alpha value is -2.32. The molecule has 20 heavy (non-hydrogen) atoms. The van der Waals surface area contributed by atoms with Gasteiger partial charge in [0.15, 0.2) is 5.82 Å². The molecule has 0 saturated carbocycles. The molecule has 0 radical (unpaired) electrons. The average Bonchev–Trinajstić information content (AvgIpc) is 2.86. The summed E-state index contributed by atoms with van der Waals surface area (Å²) >= 11 is 5.94. The molecular formula is C14H12ClN3O2. The number of aromatic nitrogens is 2. The normalized spacial score (nSPS) is 11.7. The number of ether oxygens (including phenoxy) is 1. The van der Waals surface area contributed by atoms with Gasteiger partial charge in [0.05, 0.1) is 13.2 Å². The third-order valence-electron chi connectivity index (χ3n) is 2.94. The Morgan fingerprint density at radius 2 is 2.30 bits per heavy atom. The van der Waals surface area contributed by atoms with Crippen molar-refractivity contribution in [2.45, 2.75) is 5.92 Å². The lowest BCUT2D eigenvalue weighted by molar-refractivity contribution is 0.0965. The summed E-state index contributed by atoms with van der Waals surface area (Å²) in [6.45, 7) is 0. The molecule has 0 aliphatic rings. The number of halogens is 1. The Morgan fingerprint density at radius 1 is 1.55 bits per heavy atom. The van der Waals surface area contributed by atoms with Gasteiger partial charge in [-0.2, -0.15) is 5.26 Å². The molecule has 0 fully saturated rings. The van der Waals surface area contributed by atoms with E-state index in [4.69, 9.17) is 16.3 Å². The maximum absolute atomic E-state index is 12.4. The van der Waals surface area contributed by atoms with Crippen LogP contribution in [0.1, 0.15) is 22.1 Å². The third-order valence-corrected chi connectivity index (χ3v) is 3.17. The number of methoxy groups -OCH3 is 1. The predicted octanol–water partition coefficient (Wildman–Crippen LogP) is 2.57. The second-order valence-corrected chi connectivity index (χ2v) is 4.61. The molecule has 1 atom stereocenters. The Balaban J connectivity index is 2.49. The summed E-state index contributed by atoms with van der Waals surface area (Å²) in [4.78, 5) is 16.4. The molecule has 1 heterocycles. The standard InChI is InChI=1S/C14H12ClN3O2/c1-18-6-5-17-14(18)13(19)11(8-16)10-7-9(15)3-4-12(10)20-2/h3-7,11H,1-2H3. The van der Waals surface area contributed by atoms with Crippen LogP contribution in [0.25, 0.3) is 0 Å². The fraction of sp³-hybridized carbons (Fsp3) is 0.214. The molecule has 1 aromatic carbocycles. The minimum atomic E-state index is -1.01. The van der Waals surface area contributed by atoms with E-state index in [2.05, 4.69) is 4.98 Å². The second-order valence-electron chi connectivity index (χ2n) is 4.17.